The highest BCUT2D eigenvalue weighted by molar-refractivity contribution is 7.99. The molecular weight excluding hydrogens is 218 g/mol. The second-order valence-electron chi connectivity index (χ2n) is 3.88. The van der Waals surface area contributed by atoms with Gasteiger partial charge in [-0.05, 0) is 23.8 Å². The van der Waals surface area contributed by atoms with Gasteiger partial charge in [0.2, 0.25) is 0 Å². The lowest BCUT2D eigenvalue weighted by atomic mass is 10.2. The van der Waals surface area contributed by atoms with Crippen LogP contribution in [0.2, 0.25) is 0 Å². The van der Waals surface area contributed by atoms with E-state index in [4.69, 9.17) is 10.00 Å². The van der Waals surface area contributed by atoms with Crippen LogP contribution in [0.4, 0.5) is 0 Å². The van der Waals surface area contributed by atoms with E-state index in [2.05, 4.69) is 26.8 Å². The lowest BCUT2D eigenvalue weighted by Gasteiger charge is -2.11. The van der Waals surface area contributed by atoms with E-state index in [0.29, 0.717) is 23.8 Å². The standard InChI is InChI=1S/C13H17NOS/c1-4-16-13-7-5-6-12(11(13)8-14)15-9-10(2)3/h5-7,10H,4,9H2,1-3H3. The second kappa shape index (κ2) is 6.44. The summed E-state index contributed by atoms with van der Waals surface area (Å²) in [6, 6.07) is 7.99. The minimum atomic E-state index is 0.467. The van der Waals surface area contributed by atoms with E-state index in [1.54, 1.807) is 11.8 Å². The molecule has 0 heterocycles. The van der Waals surface area contributed by atoms with Crippen molar-refractivity contribution in [1.29, 1.82) is 5.26 Å². The molecule has 1 rings (SSSR count). The third-order valence-electron chi connectivity index (χ3n) is 1.97. The Morgan fingerprint density at radius 1 is 1.44 bits per heavy atom. The van der Waals surface area contributed by atoms with Crippen molar-refractivity contribution in [3.05, 3.63) is 23.8 Å². The van der Waals surface area contributed by atoms with Crippen LogP contribution in [0.15, 0.2) is 23.1 Å². The number of hydrogen-bond acceptors (Lipinski definition) is 3. The molecular formula is C13H17NOS. The molecule has 0 atom stereocenters. The Hall–Kier alpha value is -1.14. The van der Waals surface area contributed by atoms with Gasteiger partial charge in [0.05, 0.1) is 6.61 Å². The van der Waals surface area contributed by atoms with Gasteiger partial charge in [-0.25, -0.2) is 0 Å². The third-order valence-corrected chi connectivity index (χ3v) is 2.91. The van der Waals surface area contributed by atoms with Gasteiger partial charge in [0, 0.05) is 4.90 Å². The van der Waals surface area contributed by atoms with Crippen molar-refractivity contribution in [2.45, 2.75) is 25.7 Å². The molecule has 0 saturated carbocycles. The molecule has 0 unspecified atom stereocenters. The van der Waals surface area contributed by atoms with Crippen molar-refractivity contribution < 1.29 is 4.74 Å². The molecule has 0 aliphatic carbocycles. The Bertz CT molecular complexity index is 382. The molecule has 2 nitrogen and oxygen atoms in total. The maximum Gasteiger partial charge on any atom is 0.138 e. The van der Waals surface area contributed by atoms with Gasteiger partial charge in [0.25, 0.3) is 0 Å². The molecule has 0 aliphatic heterocycles. The average molecular weight is 235 g/mol. The molecule has 0 N–H and O–H groups in total. The molecule has 0 bridgehead atoms. The Kier molecular flexibility index (Phi) is 5.21. The summed E-state index contributed by atoms with van der Waals surface area (Å²) in [7, 11) is 0. The predicted octanol–water partition coefficient (Wildman–Crippen LogP) is 3.71. The zero-order valence-corrected chi connectivity index (χ0v) is 10.8. The summed E-state index contributed by atoms with van der Waals surface area (Å²) in [6.07, 6.45) is 0. The summed E-state index contributed by atoms with van der Waals surface area (Å²) >= 11 is 1.67. The SMILES string of the molecule is CCSc1cccc(OCC(C)C)c1C#N. The van der Waals surface area contributed by atoms with Crippen LogP contribution in [0, 0.1) is 17.2 Å². The minimum absolute atomic E-state index is 0.467. The van der Waals surface area contributed by atoms with Gasteiger partial charge < -0.3 is 4.74 Å². The molecule has 0 fully saturated rings. The van der Waals surface area contributed by atoms with Gasteiger partial charge >= 0.3 is 0 Å². The van der Waals surface area contributed by atoms with Gasteiger partial charge in [0.15, 0.2) is 0 Å². The smallest absolute Gasteiger partial charge is 0.138 e. The van der Waals surface area contributed by atoms with Crippen molar-refractivity contribution in [3.63, 3.8) is 0 Å². The van der Waals surface area contributed by atoms with Crippen molar-refractivity contribution >= 4 is 11.8 Å². The van der Waals surface area contributed by atoms with Crippen LogP contribution >= 0.6 is 11.8 Å². The number of thioether (sulfide) groups is 1. The van der Waals surface area contributed by atoms with E-state index in [0.717, 1.165) is 10.6 Å². The van der Waals surface area contributed by atoms with E-state index >= 15 is 0 Å². The first-order valence-corrected chi connectivity index (χ1v) is 6.46. The van der Waals surface area contributed by atoms with Crippen LogP contribution in [-0.4, -0.2) is 12.4 Å². The first-order valence-electron chi connectivity index (χ1n) is 5.47. The molecule has 0 aromatic heterocycles. The second-order valence-corrected chi connectivity index (χ2v) is 5.18. The summed E-state index contributed by atoms with van der Waals surface area (Å²) in [5.74, 6) is 2.13. The van der Waals surface area contributed by atoms with Gasteiger partial charge in [0.1, 0.15) is 17.4 Å². The molecule has 1 aromatic rings. The molecule has 0 spiro atoms. The summed E-state index contributed by atoms with van der Waals surface area (Å²) in [5, 5.41) is 9.15. The Morgan fingerprint density at radius 3 is 2.75 bits per heavy atom. The van der Waals surface area contributed by atoms with Gasteiger partial charge in [-0.3, -0.25) is 0 Å². The summed E-state index contributed by atoms with van der Waals surface area (Å²) in [5.41, 5.74) is 0.662. The topological polar surface area (TPSA) is 33.0 Å². The van der Waals surface area contributed by atoms with Crippen LogP contribution in [-0.2, 0) is 0 Å². The maximum absolute atomic E-state index is 9.15. The molecule has 0 radical (unpaired) electrons. The van der Waals surface area contributed by atoms with Crippen LogP contribution in [0.1, 0.15) is 26.3 Å². The van der Waals surface area contributed by atoms with Gasteiger partial charge in [-0.2, -0.15) is 5.26 Å². The lowest BCUT2D eigenvalue weighted by Crippen LogP contribution is -2.05. The van der Waals surface area contributed by atoms with Crippen LogP contribution < -0.4 is 4.74 Å². The fourth-order valence-corrected chi connectivity index (χ4v) is 2.05. The van der Waals surface area contributed by atoms with E-state index < -0.39 is 0 Å². The largest absolute Gasteiger partial charge is 0.492 e. The normalized spacial score (nSPS) is 10.2. The number of rotatable bonds is 5. The molecule has 16 heavy (non-hydrogen) atoms. The van der Waals surface area contributed by atoms with Gasteiger partial charge in [-0.1, -0.05) is 26.8 Å². The number of nitriles is 1. The van der Waals surface area contributed by atoms with Crippen LogP contribution in [0.5, 0.6) is 5.75 Å². The molecule has 3 heteroatoms. The predicted molar refractivity (Wildman–Crippen MR) is 67.9 cm³/mol. The van der Waals surface area contributed by atoms with Crippen molar-refractivity contribution in [2.75, 3.05) is 12.4 Å². The summed E-state index contributed by atoms with van der Waals surface area (Å²) in [4.78, 5) is 1.01. The fraction of sp³-hybridized carbons (Fsp3) is 0.462. The highest BCUT2D eigenvalue weighted by Crippen LogP contribution is 2.29. The highest BCUT2D eigenvalue weighted by Gasteiger charge is 2.09. The maximum atomic E-state index is 9.15. The molecule has 86 valence electrons. The van der Waals surface area contributed by atoms with Crippen molar-refractivity contribution in [2.24, 2.45) is 5.92 Å². The summed E-state index contributed by atoms with van der Waals surface area (Å²) < 4.78 is 5.64. The number of benzene rings is 1. The number of ether oxygens (including phenoxy) is 1. The Morgan fingerprint density at radius 2 is 2.19 bits per heavy atom. The molecule has 1 aromatic carbocycles. The van der Waals surface area contributed by atoms with E-state index in [-0.39, 0.29) is 0 Å². The molecule has 0 saturated heterocycles. The first kappa shape index (κ1) is 12.9. The zero-order valence-electron chi connectivity index (χ0n) is 9.99. The lowest BCUT2D eigenvalue weighted by molar-refractivity contribution is 0.270. The summed E-state index contributed by atoms with van der Waals surface area (Å²) in [6.45, 7) is 6.91. The zero-order chi connectivity index (χ0) is 12.0. The monoisotopic (exact) mass is 235 g/mol. The average Bonchev–Trinajstić information content (AvgIpc) is 2.27. The minimum Gasteiger partial charge on any atom is -0.492 e. The van der Waals surface area contributed by atoms with Crippen LogP contribution in [0.25, 0.3) is 0 Å². The fourth-order valence-electron chi connectivity index (χ4n) is 1.27. The Balaban J connectivity index is 2.91. The molecule has 0 amide bonds. The first-order chi connectivity index (χ1) is 7.69. The van der Waals surface area contributed by atoms with E-state index in [1.807, 2.05) is 18.2 Å². The Labute approximate surface area is 102 Å². The number of nitrogens with zero attached hydrogens (tertiary/aromatic N) is 1. The van der Waals surface area contributed by atoms with E-state index in [1.165, 1.54) is 0 Å². The van der Waals surface area contributed by atoms with E-state index in [9.17, 15) is 0 Å². The number of hydrogen-bond donors (Lipinski definition) is 0. The molecule has 0 aliphatic rings. The van der Waals surface area contributed by atoms with Crippen LogP contribution in [0.3, 0.4) is 0 Å². The quantitative estimate of drug-likeness (QED) is 0.729. The van der Waals surface area contributed by atoms with Crippen molar-refractivity contribution in [1.82, 2.24) is 0 Å². The van der Waals surface area contributed by atoms with Gasteiger partial charge in [-0.15, -0.1) is 11.8 Å². The highest BCUT2D eigenvalue weighted by atomic mass is 32.2. The third kappa shape index (κ3) is 3.46. The van der Waals surface area contributed by atoms with Crippen molar-refractivity contribution in [3.8, 4) is 11.8 Å².